The SMILES string of the molecule is [C-]#Cc1cc(C)ccc1C.[Cu+]. The van der Waals surface area contributed by atoms with Crippen LogP contribution in [0.3, 0.4) is 0 Å². The molecule has 0 saturated heterocycles. The molecule has 1 aromatic rings. The van der Waals surface area contributed by atoms with Gasteiger partial charge in [-0.1, -0.05) is 24.6 Å². The van der Waals surface area contributed by atoms with E-state index in [0.29, 0.717) is 0 Å². The van der Waals surface area contributed by atoms with E-state index in [0.717, 1.165) is 11.1 Å². The summed E-state index contributed by atoms with van der Waals surface area (Å²) in [6.07, 6.45) is 6.93. The summed E-state index contributed by atoms with van der Waals surface area (Å²) in [6, 6.07) is 6.00. The van der Waals surface area contributed by atoms with Gasteiger partial charge in [-0.05, 0) is 6.92 Å². The standard InChI is InChI=1S/C10H9.Cu/c1-4-10-7-8(2)5-6-9(10)3;/h5-7H,2-3H3;/q-1;+1. The fourth-order valence-corrected chi connectivity index (χ4v) is 0.871. The molecule has 1 aromatic carbocycles. The third-order valence-electron chi connectivity index (χ3n) is 1.53. The zero-order chi connectivity index (χ0) is 7.56. The minimum atomic E-state index is 0. The Labute approximate surface area is 78.5 Å². The van der Waals surface area contributed by atoms with Crippen molar-refractivity contribution in [2.24, 2.45) is 0 Å². The monoisotopic (exact) mass is 192 g/mol. The van der Waals surface area contributed by atoms with Gasteiger partial charge >= 0.3 is 17.1 Å². The van der Waals surface area contributed by atoms with Gasteiger partial charge in [0.25, 0.3) is 0 Å². The average molecular weight is 193 g/mol. The van der Waals surface area contributed by atoms with Crippen molar-refractivity contribution in [1.82, 2.24) is 0 Å². The molecule has 0 saturated carbocycles. The van der Waals surface area contributed by atoms with Crippen LogP contribution in [0, 0.1) is 26.2 Å². The van der Waals surface area contributed by atoms with Crippen LogP contribution >= 0.6 is 0 Å². The molecule has 0 aromatic heterocycles. The molecule has 0 spiro atoms. The van der Waals surface area contributed by atoms with Gasteiger partial charge < -0.3 is 6.42 Å². The molecule has 60 valence electrons. The number of aryl methyl sites for hydroxylation is 2. The van der Waals surface area contributed by atoms with E-state index in [2.05, 4.69) is 5.92 Å². The molecule has 0 fully saturated rings. The van der Waals surface area contributed by atoms with Crippen LogP contribution in [0.15, 0.2) is 18.2 Å². The van der Waals surface area contributed by atoms with Crippen LogP contribution in [0.1, 0.15) is 16.7 Å². The predicted molar refractivity (Wildman–Crippen MR) is 42.1 cm³/mol. The molecule has 0 radical (unpaired) electrons. The fraction of sp³-hybridized carbons (Fsp3) is 0.200. The van der Waals surface area contributed by atoms with Gasteiger partial charge in [-0.2, -0.15) is 0 Å². The molecule has 1 rings (SSSR count). The Hall–Kier alpha value is -0.701. The summed E-state index contributed by atoms with van der Waals surface area (Å²) in [7, 11) is 0. The van der Waals surface area contributed by atoms with E-state index < -0.39 is 0 Å². The third kappa shape index (κ3) is 2.42. The summed E-state index contributed by atoms with van der Waals surface area (Å²) in [5.41, 5.74) is 3.18. The Balaban J connectivity index is 0.000001000. The Morgan fingerprint density at radius 2 is 1.91 bits per heavy atom. The van der Waals surface area contributed by atoms with E-state index in [1.807, 2.05) is 32.0 Å². The third-order valence-corrected chi connectivity index (χ3v) is 1.53. The van der Waals surface area contributed by atoms with Crippen molar-refractivity contribution in [2.75, 3.05) is 0 Å². The summed E-state index contributed by atoms with van der Waals surface area (Å²) < 4.78 is 0. The Morgan fingerprint density at radius 1 is 1.27 bits per heavy atom. The molecule has 0 unspecified atom stereocenters. The fourth-order valence-electron chi connectivity index (χ4n) is 0.871. The van der Waals surface area contributed by atoms with Crippen molar-refractivity contribution in [3.8, 4) is 5.92 Å². The number of hydrogen-bond donors (Lipinski definition) is 0. The Bertz CT molecular complexity index is 281. The molecular weight excluding hydrogens is 184 g/mol. The molecule has 1 heteroatoms. The second-order valence-corrected chi connectivity index (χ2v) is 2.44. The van der Waals surface area contributed by atoms with E-state index in [4.69, 9.17) is 6.42 Å². The van der Waals surface area contributed by atoms with Crippen molar-refractivity contribution in [3.05, 3.63) is 41.3 Å². The van der Waals surface area contributed by atoms with Gasteiger partial charge in [-0.25, -0.2) is 0 Å². The second-order valence-electron chi connectivity index (χ2n) is 2.44. The van der Waals surface area contributed by atoms with Gasteiger partial charge in [0.1, 0.15) is 0 Å². The topological polar surface area (TPSA) is 0 Å². The van der Waals surface area contributed by atoms with Crippen LogP contribution in [0.5, 0.6) is 0 Å². The van der Waals surface area contributed by atoms with E-state index in [1.165, 1.54) is 5.56 Å². The first-order valence-electron chi connectivity index (χ1n) is 3.24. The number of hydrogen-bond acceptors (Lipinski definition) is 0. The van der Waals surface area contributed by atoms with Crippen LogP contribution in [0.25, 0.3) is 0 Å². The van der Waals surface area contributed by atoms with Crippen LogP contribution in [-0.4, -0.2) is 0 Å². The number of rotatable bonds is 0. The quantitative estimate of drug-likeness (QED) is 0.336. The predicted octanol–water partition coefficient (Wildman–Crippen LogP) is 2.24. The molecular formula is C10H9Cu. The molecule has 0 atom stereocenters. The zero-order valence-electron chi connectivity index (χ0n) is 6.53. The summed E-state index contributed by atoms with van der Waals surface area (Å²) in [6.45, 7) is 4.00. The summed E-state index contributed by atoms with van der Waals surface area (Å²) in [5, 5.41) is 0. The molecule has 0 N–H and O–H groups in total. The van der Waals surface area contributed by atoms with Gasteiger partial charge in [0.2, 0.25) is 0 Å². The second kappa shape index (κ2) is 4.23. The molecule has 0 amide bonds. The van der Waals surface area contributed by atoms with Gasteiger partial charge in [-0.15, -0.1) is 17.2 Å². The van der Waals surface area contributed by atoms with E-state index in [-0.39, 0.29) is 17.1 Å². The van der Waals surface area contributed by atoms with Crippen molar-refractivity contribution in [3.63, 3.8) is 0 Å². The number of benzene rings is 1. The van der Waals surface area contributed by atoms with Gasteiger partial charge in [0.05, 0.1) is 0 Å². The summed E-state index contributed by atoms with van der Waals surface area (Å²) in [5.74, 6) is 2.39. The maximum Gasteiger partial charge on any atom is 1.00 e. The van der Waals surface area contributed by atoms with Crippen molar-refractivity contribution < 1.29 is 17.1 Å². The van der Waals surface area contributed by atoms with Crippen LogP contribution in [-0.2, 0) is 17.1 Å². The van der Waals surface area contributed by atoms with Crippen LogP contribution in [0.4, 0.5) is 0 Å². The molecule has 0 heterocycles. The molecule has 0 nitrogen and oxygen atoms in total. The summed E-state index contributed by atoms with van der Waals surface area (Å²) in [4.78, 5) is 0. The summed E-state index contributed by atoms with van der Waals surface area (Å²) >= 11 is 0. The van der Waals surface area contributed by atoms with Crippen LogP contribution in [0.2, 0.25) is 0 Å². The molecule has 0 aliphatic heterocycles. The minimum Gasteiger partial charge on any atom is -0.366 e. The average Bonchev–Trinajstić information content (AvgIpc) is 1.94. The first-order chi connectivity index (χ1) is 4.74. The van der Waals surface area contributed by atoms with Crippen molar-refractivity contribution in [2.45, 2.75) is 13.8 Å². The first-order valence-corrected chi connectivity index (χ1v) is 3.24. The Kier molecular flexibility index (Phi) is 3.96. The van der Waals surface area contributed by atoms with Gasteiger partial charge in [-0.3, -0.25) is 5.92 Å². The van der Waals surface area contributed by atoms with Crippen molar-refractivity contribution >= 4 is 0 Å². The largest absolute Gasteiger partial charge is 1.00 e. The molecule has 0 bridgehead atoms. The molecule has 0 aliphatic carbocycles. The smallest absolute Gasteiger partial charge is 0.366 e. The van der Waals surface area contributed by atoms with Gasteiger partial charge in [0, 0.05) is 0 Å². The van der Waals surface area contributed by atoms with Gasteiger partial charge in [0.15, 0.2) is 0 Å². The molecule has 0 aliphatic rings. The normalized spacial score (nSPS) is 8.09. The van der Waals surface area contributed by atoms with Crippen molar-refractivity contribution in [1.29, 1.82) is 0 Å². The zero-order valence-corrected chi connectivity index (χ0v) is 7.48. The van der Waals surface area contributed by atoms with E-state index >= 15 is 0 Å². The molecule has 11 heavy (non-hydrogen) atoms. The minimum absolute atomic E-state index is 0. The first kappa shape index (κ1) is 10.3. The van der Waals surface area contributed by atoms with E-state index in [9.17, 15) is 0 Å². The van der Waals surface area contributed by atoms with Crippen LogP contribution < -0.4 is 0 Å². The maximum atomic E-state index is 6.93. The Morgan fingerprint density at radius 3 is 2.36 bits per heavy atom. The van der Waals surface area contributed by atoms with E-state index in [1.54, 1.807) is 0 Å². The maximum absolute atomic E-state index is 6.93.